The molecule has 0 aliphatic carbocycles. The van der Waals surface area contributed by atoms with Crippen molar-refractivity contribution < 1.29 is 19.1 Å². The van der Waals surface area contributed by atoms with Crippen molar-refractivity contribution in [1.29, 1.82) is 0 Å². The van der Waals surface area contributed by atoms with Crippen LogP contribution < -0.4 is 5.32 Å². The quantitative estimate of drug-likeness (QED) is 0.627. The van der Waals surface area contributed by atoms with Crippen LogP contribution in [0.1, 0.15) is 24.0 Å². The Kier molecular flexibility index (Phi) is 7.40. The molecule has 3 amide bonds. The summed E-state index contributed by atoms with van der Waals surface area (Å²) in [6.07, 6.45) is 1.93. The lowest BCUT2D eigenvalue weighted by Crippen LogP contribution is -2.58. The molecule has 174 valence electrons. The van der Waals surface area contributed by atoms with Crippen molar-refractivity contribution in [3.63, 3.8) is 0 Å². The summed E-state index contributed by atoms with van der Waals surface area (Å²) in [4.78, 5) is 40.4. The molecule has 2 saturated heterocycles. The number of benzene rings is 2. The van der Waals surface area contributed by atoms with Crippen LogP contribution in [0.2, 0.25) is 0 Å². The number of amides is 3. The van der Waals surface area contributed by atoms with Crippen molar-refractivity contribution in [2.24, 2.45) is 0 Å². The second-order valence-corrected chi connectivity index (χ2v) is 8.70. The summed E-state index contributed by atoms with van der Waals surface area (Å²) in [5.41, 5.74) is 4.48. The van der Waals surface area contributed by atoms with Gasteiger partial charge in [0.25, 0.3) is 0 Å². The molecule has 2 aromatic rings. The molecule has 2 aromatic carbocycles. The summed E-state index contributed by atoms with van der Waals surface area (Å²) in [6.45, 7) is 4.46. The van der Waals surface area contributed by atoms with Crippen LogP contribution in [-0.4, -0.2) is 73.0 Å². The van der Waals surface area contributed by atoms with E-state index in [1.807, 2.05) is 12.1 Å². The predicted octanol–water partition coefficient (Wildman–Crippen LogP) is 2.17. The summed E-state index contributed by atoms with van der Waals surface area (Å²) in [5.74, 6) is -0.190. The van der Waals surface area contributed by atoms with Crippen molar-refractivity contribution in [2.75, 3.05) is 39.4 Å². The highest BCUT2D eigenvalue weighted by atomic mass is 16.5. The maximum Gasteiger partial charge on any atom is 0.249 e. The molecular formula is C26H31N3O4. The maximum atomic E-state index is 12.8. The van der Waals surface area contributed by atoms with E-state index < -0.39 is 6.04 Å². The van der Waals surface area contributed by atoms with E-state index >= 15 is 0 Å². The third-order valence-electron chi connectivity index (χ3n) is 6.32. The number of rotatable bonds is 8. The Bertz CT molecular complexity index is 988. The van der Waals surface area contributed by atoms with Gasteiger partial charge in [0, 0.05) is 39.0 Å². The van der Waals surface area contributed by atoms with Gasteiger partial charge < -0.3 is 19.9 Å². The first kappa shape index (κ1) is 23.0. The fraction of sp³-hybridized carbons (Fsp3) is 0.423. The standard InChI is InChI=1S/C26H31N3O4/c1-19-4-8-21(9-5-19)22-10-6-20(7-11-22)17-23-26(32)27-12-14-29(23)25(31)18-33-16-15-28-13-2-3-24(28)30/h4-11,23H,2-3,12-18H2,1H3,(H,27,32)/t23-/m0/s1. The highest BCUT2D eigenvalue weighted by Gasteiger charge is 2.33. The summed E-state index contributed by atoms with van der Waals surface area (Å²) in [6, 6.07) is 15.9. The molecular weight excluding hydrogens is 418 g/mol. The third kappa shape index (κ3) is 5.79. The average Bonchev–Trinajstić information content (AvgIpc) is 3.23. The molecule has 0 bridgehead atoms. The Hall–Kier alpha value is -3.19. The summed E-state index contributed by atoms with van der Waals surface area (Å²) < 4.78 is 5.55. The van der Waals surface area contributed by atoms with Crippen molar-refractivity contribution in [1.82, 2.24) is 15.1 Å². The molecule has 4 rings (SSSR count). The van der Waals surface area contributed by atoms with Gasteiger partial charge in [0.2, 0.25) is 17.7 Å². The van der Waals surface area contributed by atoms with Crippen molar-refractivity contribution in [3.8, 4) is 11.1 Å². The van der Waals surface area contributed by atoms with Crippen LogP contribution in [-0.2, 0) is 25.5 Å². The van der Waals surface area contributed by atoms with E-state index in [-0.39, 0.29) is 24.3 Å². The second kappa shape index (κ2) is 10.6. The molecule has 0 unspecified atom stereocenters. The van der Waals surface area contributed by atoms with E-state index in [1.54, 1.807) is 9.80 Å². The number of ether oxygens (including phenoxy) is 1. The van der Waals surface area contributed by atoms with Gasteiger partial charge in [-0.25, -0.2) is 0 Å². The Labute approximate surface area is 194 Å². The average molecular weight is 450 g/mol. The Balaban J connectivity index is 1.33. The monoisotopic (exact) mass is 449 g/mol. The molecule has 2 aliphatic heterocycles. The smallest absolute Gasteiger partial charge is 0.249 e. The number of carbonyl (C=O) groups is 3. The number of carbonyl (C=O) groups excluding carboxylic acids is 3. The third-order valence-corrected chi connectivity index (χ3v) is 6.32. The summed E-state index contributed by atoms with van der Waals surface area (Å²) in [7, 11) is 0. The lowest BCUT2D eigenvalue weighted by Gasteiger charge is -2.35. The predicted molar refractivity (Wildman–Crippen MR) is 125 cm³/mol. The summed E-state index contributed by atoms with van der Waals surface area (Å²) >= 11 is 0. The number of hydrogen-bond acceptors (Lipinski definition) is 4. The molecule has 1 atom stereocenters. The molecule has 2 fully saturated rings. The van der Waals surface area contributed by atoms with Crippen LogP contribution >= 0.6 is 0 Å². The number of nitrogens with zero attached hydrogens (tertiary/aromatic N) is 2. The highest BCUT2D eigenvalue weighted by Crippen LogP contribution is 2.22. The number of aryl methyl sites for hydroxylation is 1. The van der Waals surface area contributed by atoms with Gasteiger partial charge in [-0.05, 0) is 30.0 Å². The first-order valence-corrected chi connectivity index (χ1v) is 11.6. The molecule has 7 heteroatoms. The fourth-order valence-corrected chi connectivity index (χ4v) is 4.38. The van der Waals surface area contributed by atoms with Gasteiger partial charge in [0.15, 0.2) is 0 Å². The van der Waals surface area contributed by atoms with E-state index in [9.17, 15) is 14.4 Å². The van der Waals surface area contributed by atoms with Crippen LogP contribution in [0.5, 0.6) is 0 Å². The molecule has 0 spiro atoms. The Morgan fingerprint density at radius 1 is 1.03 bits per heavy atom. The molecule has 33 heavy (non-hydrogen) atoms. The lowest BCUT2D eigenvalue weighted by atomic mass is 9.98. The van der Waals surface area contributed by atoms with Gasteiger partial charge in [-0.3, -0.25) is 14.4 Å². The van der Waals surface area contributed by atoms with Crippen LogP contribution in [0.4, 0.5) is 0 Å². The van der Waals surface area contributed by atoms with Gasteiger partial charge in [-0.15, -0.1) is 0 Å². The second-order valence-electron chi connectivity index (χ2n) is 8.70. The number of likely N-dealkylation sites (tertiary alicyclic amines) is 1. The molecule has 0 aromatic heterocycles. The van der Waals surface area contributed by atoms with Gasteiger partial charge in [0.1, 0.15) is 12.6 Å². The number of nitrogens with one attached hydrogen (secondary N) is 1. The zero-order valence-corrected chi connectivity index (χ0v) is 19.1. The molecule has 2 aliphatic rings. The van der Waals surface area contributed by atoms with E-state index in [2.05, 4.69) is 48.6 Å². The maximum absolute atomic E-state index is 12.8. The summed E-state index contributed by atoms with van der Waals surface area (Å²) in [5, 5.41) is 2.87. The zero-order valence-electron chi connectivity index (χ0n) is 19.1. The minimum Gasteiger partial charge on any atom is -0.370 e. The number of piperazine rings is 1. The van der Waals surface area contributed by atoms with Gasteiger partial charge in [0.05, 0.1) is 6.61 Å². The van der Waals surface area contributed by atoms with Crippen molar-refractivity contribution in [3.05, 3.63) is 59.7 Å². The molecule has 7 nitrogen and oxygen atoms in total. The Morgan fingerprint density at radius 3 is 2.39 bits per heavy atom. The first-order chi connectivity index (χ1) is 16.0. The van der Waals surface area contributed by atoms with E-state index in [0.29, 0.717) is 39.1 Å². The van der Waals surface area contributed by atoms with Crippen LogP contribution in [0.3, 0.4) is 0 Å². The fourth-order valence-electron chi connectivity index (χ4n) is 4.38. The minimum atomic E-state index is -0.555. The molecule has 0 saturated carbocycles. The number of hydrogen-bond donors (Lipinski definition) is 1. The van der Waals surface area contributed by atoms with E-state index in [0.717, 1.165) is 29.7 Å². The van der Waals surface area contributed by atoms with Gasteiger partial charge in [-0.2, -0.15) is 0 Å². The van der Waals surface area contributed by atoms with Gasteiger partial charge >= 0.3 is 0 Å². The molecule has 0 radical (unpaired) electrons. The van der Waals surface area contributed by atoms with E-state index in [4.69, 9.17) is 4.74 Å². The SMILES string of the molecule is Cc1ccc(-c2ccc(C[C@H]3C(=O)NCCN3C(=O)COCCN3CCCC3=O)cc2)cc1. The Morgan fingerprint density at radius 2 is 1.73 bits per heavy atom. The zero-order chi connectivity index (χ0) is 23.2. The lowest BCUT2D eigenvalue weighted by molar-refractivity contribution is -0.146. The minimum absolute atomic E-state index is 0.0851. The first-order valence-electron chi connectivity index (χ1n) is 11.6. The van der Waals surface area contributed by atoms with Crippen molar-refractivity contribution in [2.45, 2.75) is 32.2 Å². The van der Waals surface area contributed by atoms with Crippen LogP contribution in [0.25, 0.3) is 11.1 Å². The van der Waals surface area contributed by atoms with Crippen molar-refractivity contribution >= 4 is 17.7 Å². The highest BCUT2D eigenvalue weighted by molar-refractivity contribution is 5.89. The molecule has 2 heterocycles. The van der Waals surface area contributed by atoms with E-state index in [1.165, 1.54) is 5.56 Å². The molecule has 1 N–H and O–H groups in total. The van der Waals surface area contributed by atoms with Crippen LogP contribution in [0, 0.1) is 6.92 Å². The van der Waals surface area contributed by atoms with Gasteiger partial charge in [-0.1, -0.05) is 54.1 Å². The largest absolute Gasteiger partial charge is 0.370 e. The topological polar surface area (TPSA) is 79.0 Å². The van der Waals surface area contributed by atoms with Crippen LogP contribution in [0.15, 0.2) is 48.5 Å². The normalized spacial score (nSPS) is 18.5.